The molecule has 0 fully saturated rings. The summed E-state index contributed by atoms with van der Waals surface area (Å²) in [6.07, 6.45) is 1.81. The highest BCUT2D eigenvalue weighted by Gasteiger charge is 2.31. The lowest BCUT2D eigenvalue weighted by Crippen LogP contribution is -2.21. The van der Waals surface area contributed by atoms with Crippen molar-refractivity contribution >= 4 is 29.2 Å². The molecule has 2 N–H and O–H groups in total. The normalized spacial score (nSPS) is 14.3. The highest BCUT2D eigenvalue weighted by Crippen LogP contribution is 2.44. The largest absolute Gasteiger partial charge is 0.497 e. The number of methoxy groups -OCH3 is 1. The molecule has 4 rings (SSSR count). The first-order chi connectivity index (χ1) is 17.9. The van der Waals surface area contributed by atoms with Crippen LogP contribution in [0.2, 0.25) is 10.0 Å². The summed E-state index contributed by atoms with van der Waals surface area (Å²) in [4.78, 5) is 12.9. The van der Waals surface area contributed by atoms with Gasteiger partial charge >= 0.3 is 5.97 Å². The van der Waals surface area contributed by atoms with Crippen LogP contribution in [0.1, 0.15) is 47.2 Å². The van der Waals surface area contributed by atoms with Gasteiger partial charge in [0.2, 0.25) is 5.88 Å². The molecule has 9 heteroatoms. The Morgan fingerprint density at radius 1 is 1.11 bits per heavy atom. The van der Waals surface area contributed by atoms with Gasteiger partial charge in [-0.25, -0.2) is 4.79 Å². The molecular formula is C28H24Cl2N2O5. The molecule has 0 aromatic heterocycles. The smallest absolute Gasteiger partial charge is 0.343 e. The first-order valence-electron chi connectivity index (χ1n) is 11.6. The molecular weight excluding hydrogens is 515 g/mol. The number of halogens is 2. The van der Waals surface area contributed by atoms with Gasteiger partial charge in [0.15, 0.2) is 5.75 Å². The number of hydrogen-bond donors (Lipinski definition) is 1. The number of carbonyl (C=O) groups excluding carboxylic acids is 1. The molecule has 0 aliphatic carbocycles. The van der Waals surface area contributed by atoms with Crippen molar-refractivity contribution in [1.29, 1.82) is 5.26 Å². The number of ether oxygens (including phenoxy) is 4. The molecule has 3 aromatic carbocycles. The Morgan fingerprint density at radius 2 is 1.86 bits per heavy atom. The minimum absolute atomic E-state index is 0.0245. The van der Waals surface area contributed by atoms with Gasteiger partial charge in [-0.1, -0.05) is 54.7 Å². The zero-order valence-electron chi connectivity index (χ0n) is 20.2. The van der Waals surface area contributed by atoms with Gasteiger partial charge in [0.05, 0.1) is 35.2 Å². The molecule has 1 aliphatic rings. The molecule has 1 unspecified atom stereocenters. The van der Waals surface area contributed by atoms with Crippen LogP contribution in [0, 0.1) is 11.3 Å². The lowest BCUT2D eigenvalue weighted by molar-refractivity contribution is 0.0734. The van der Waals surface area contributed by atoms with Crippen LogP contribution in [0.4, 0.5) is 0 Å². The maximum Gasteiger partial charge on any atom is 0.343 e. The fourth-order valence-electron chi connectivity index (χ4n) is 3.96. The molecule has 0 radical (unpaired) electrons. The van der Waals surface area contributed by atoms with Gasteiger partial charge in [-0.3, -0.25) is 0 Å². The van der Waals surface area contributed by atoms with Gasteiger partial charge < -0.3 is 24.7 Å². The highest BCUT2D eigenvalue weighted by atomic mass is 35.5. The van der Waals surface area contributed by atoms with E-state index in [1.165, 1.54) is 12.1 Å². The lowest BCUT2D eigenvalue weighted by atomic mass is 9.83. The number of hydrogen-bond acceptors (Lipinski definition) is 7. The Hall–Kier alpha value is -3.86. The van der Waals surface area contributed by atoms with Crippen LogP contribution < -0.4 is 24.7 Å². The third kappa shape index (κ3) is 5.61. The average Bonchev–Trinajstić information content (AvgIpc) is 2.89. The van der Waals surface area contributed by atoms with E-state index in [9.17, 15) is 10.1 Å². The van der Waals surface area contributed by atoms with Gasteiger partial charge in [-0.05, 0) is 42.3 Å². The Bertz CT molecular complexity index is 1390. The fourth-order valence-corrected chi connectivity index (χ4v) is 4.56. The standard InChI is InChI=1S/C28H24Cl2N2O5/c1-3-4-10-35-26-22(29)12-17(13-23(26)30)28(33)36-19-8-9-20-24(14-19)37-27(32)21(15-31)25(20)16-6-5-7-18(11-16)34-2/h5-9,11-14,25H,3-4,10,32H2,1-2H3. The topological polar surface area (TPSA) is 104 Å². The molecule has 0 saturated carbocycles. The zero-order chi connectivity index (χ0) is 26.5. The van der Waals surface area contributed by atoms with Crippen LogP contribution in [0.3, 0.4) is 0 Å². The number of nitrogens with zero attached hydrogens (tertiary/aromatic N) is 1. The number of nitrogens with two attached hydrogens (primary N) is 1. The van der Waals surface area contributed by atoms with Crippen molar-refractivity contribution in [3.8, 4) is 29.1 Å². The van der Waals surface area contributed by atoms with Gasteiger partial charge in [0, 0.05) is 11.6 Å². The average molecular weight is 539 g/mol. The van der Waals surface area contributed by atoms with Crippen molar-refractivity contribution in [1.82, 2.24) is 0 Å². The molecule has 1 atom stereocenters. The molecule has 37 heavy (non-hydrogen) atoms. The van der Waals surface area contributed by atoms with E-state index in [1.807, 2.05) is 31.2 Å². The fraction of sp³-hybridized carbons (Fsp3) is 0.214. The molecule has 0 spiro atoms. The van der Waals surface area contributed by atoms with Crippen LogP contribution in [0.5, 0.6) is 23.0 Å². The van der Waals surface area contributed by atoms with E-state index in [1.54, 1.807) is 25.3 Å². The van der Waals surface area contributed by atoms with Crippen molar-refractivity contribution in [2.24, 2.45) is 5.73 Å². The molecule has 1 heterocycles. The molecule has 7 nitrogen and oxygen atoms in total. The first kappa shape index (κ1) is 26.2. The SMILES string of the molecule is CCCCOc1c(Cl)cc(C(=O)Oc2ccc3c(c2)OC(N)=C(C#N)C3c2cccc(OC)c2)cc1Cl. The number of carbonyl (C=O) groups is 1. The maximum absolute atomic E-state index is 12.9. The Kier molecular flexibility index (Phi) is 8.12. The minimum Gasteiger partial charge on any atom is -0.497 e. The number of fused-ring (bicyclic) bond motifs is 1. The summed E-state index contributed by atoms with van der Waals surface area (Å²) < 4.78 is 22.3. The van der Waals surface area contributed by atoms with Crippen molar-refractivity contribution in [3.05, 3.63) is 92.8 Å². The third-order valence-corrected chi connectivity index (χ3v) is 6.37. The van der Waals surface area contributed by atoms with Gasteiger partial charge in [0.1, 0.15) is 28.9 Å². The van der Waals surface area contributed by atoms with Crippen LogP contribution in [0.15, 0.2) is 66.1 Å². The van der Waals surface area contributed by atoms with Gasteiger partial charge in [-0.15, -0.1) is 0 Å². The van der Waals surface area contributed by atoms with Crippen molar-refractivity contribution in [2.75, 3.05) is 13.7 Å². The van der Waals surface area contributed by atoms with Crippen LogP contribution in [-0.4, -0.2) is 19.7 Å². The second-order valence-corrected chi connectivity index (χ2v) is 9.08. The van der Waals surface area contributed by atoms with E-state index < -0.39 is 11.9 Å². The van der Waals surface area contributed by atoms with E-state index in [0.717, 1.165) is 18.4 Å². The van der Waals surface area contributed by atoms with Crippen LogP contribution in [0.25, 0.3) is 0 Å². The molecule has 0 saturated heterocycles. The van der Waals surface area contributed by atoms with E-state index in [4.69, 9.17) is 47.9 Å². The monoisotopic (exact) mass is 538 g/mol. The number of benzene rings is 3. The number of rotatable bonds is 8. The summed E-state index contributed by atoms with van der Waals surface area (Å²) in [5, 5.41) is 10.2. The zero-order valence-corrected chi connectivity index (χ0v) is 21.7. The molecule has 0 bridgehead atoms. The third-order valence-electron chi connectivity index (χ3n) is 5.81. The Labute approximate surface area is 224 Å². The molecule has 0 amide bonds. The molecule has 1 aliphatic heterocycles. The van der Waals surface area contributed by atoms with E-state index >= 15 is 0 Å². The quantitative estimate of drug-likeness (QED) is 0.195. The second kappa shape index (κ2) is 11.5. The summed E-state index contributed by atoms with van der Waals surface area (Å²) in [6, 6.07) is 17.3. The summed E-state index contributed by atoms with van der Waals surface area (Å²) >= 11 is 12.6. The van der Waals surface area contributed by atoms with Crippen molar-refractivity contribution in [2.45, 2.75) is 25.7 Å². The number of esters is 1. The van der Waals surface area contributed by atoms with Gasteiger partial charge in [-0.2, -0.15) is 5.26 Å². The highest BCUT2D eigenvalue weighted by molar-refractivity contribution is 6.37. The van der Waals surface area contributed by atoms with Crippen molar-refractivity contribution < 1.29 is 23.7 Å². The van der Waals surface area contributed by atoms with Crippen LogP contribution >= 0.6 is 23.2 Å². The summed E-state index contributed by atoms with van der Waals surface area (Å²) in [7, 11) is 1.57. The summed E-state index contributed by atoms with van der Waals surface area (Å²) in [6.45, 7) is 2.51. The van der Waals surface area contributed by atoms with E-state index in [0.29, 0.717) is 29.4 Å². The predicted molar refractivity (Wildman–Crippen MR) is 141 cm³/mol. The first-order valence-corrected chi connectivity index (χ1v) is 12.3. The lowest BCUT2D eigenvalue weighted by Gasteiger charge is -2.27. The Balaban J connectivity index is 1.61. The van der Waals surface area contributed by atoms with Gasteiger partial charge in [0.25, 0.3) is 0 Å². The van der Waals surface area contributed by atoms with Crippen molar-refractivity contribution in [3.63, 3.8) is 0 Å². The second-order valence-electron chi connectivity index (χ2n) is 8.26. The number of nitriles is 1. The maximum atomic E-state index is 12.9. The number of unbranched alkanes of at least 4 members (excludes halogenated alkanes) is 1. The van der Waals surface area contributed by atoms with Crippen LogP contribution in [-0.2, 0) is 0 Å². The molecule has 3 aromatic rings. The minimum atomic E-state index is -0.662. The van der Waals surface area contributed by atoms with E-state index in [2.05, 4.69) is 6.07 Å². The molecule has 190 valence electrons. The van der Waals surface area contributed by atoms with E-state index in [-0.39, 0.29) is 32.8 Å². The Morgan fingerprint density at radius 3 is 2.54 bits per heavy atom. The number of allylic oxidation sites excluding steroid dienone is 1. The summed E-state index contributed by atoms with van der Waals surface area (Å²) in [5.41, 5.74) is 8.03. The predicted octanol–water partition coefficient (Wildman–Crippen LogP) is 6.62. The summed E-state index contributed by atoms with van der Waals surface area (Å²) in [5.74, 6) is 0.392.